The molecule has 106 valence electrons. The molecule has 0 N–H and O–H groups in total. The molecule has 2 aromatic heterocycles. The van der Waals surface area contributed by atoms with Crippen molar-refractivity contribution in [3.63, 3.8) is 0 Å². The van der Waals surface area contributed by atoms with Crippen LogP contribution in [-0.2, 0) is 10.8 Å². The maximum Gasteiger partial charge on any atom is 0.0736 e. The lowest BCUT2D eigenvalue weighted by molar-refractivity contribution is 0.687. The summed E-state index contributed by atoms with van der Waals surface area (Å²) in [5.41, 5.74) is 4.30. The number of aromatic nitrogens is 2. The molecule has 3 aromatic rings. The van der Waals surface area contributed by atoms with E-state index in [0.29, 0.717) is 0 Å². The summed E-state index contributed by atoms with van der Waals surface area (Å²) in [5, 5.41) is 4.49. The van der Waals surface area contributed by atoms with Gasteiger partial charge >= 0.3 is 0 Å². The van der Waals surface area contributed by atoms with Gasteiger partial charge in [-0.25, -0.2) is 4.52 Å². The molecular formula is C17H16N2OS. The van der Waals surface area contributed by atoms with Crippen molar-refractivity contribution in [2.45, 2.75) is 11.8 Å². The second kappa shape index (κ2) is 5.66. The van der Waals surface area contributed by atoms with E-state index in [1.165, 1.54) is 0 Å². The zero-order valence-electron chi connectivity index (χ0n) is 12.0. The largest absolute Gasteiger partial charge is 0.255 e. The molecule has 1 atom stereocenters. The van der Waals surface area contributed by atoms with Crippen molar-refractivity contribution >= 4 is 28.5 Å². The van der Waals surface area contributed by atoms with Crippen LogP contribution >= 0.6 is 0 Å². The fourth-order valence-electron chi connectivity index (χ4n) is 2.29. The van der Waals surface area contributed by atoms with Crippen LogP contribution < -0.4 is 0 Å². The first-order valence-electron chi connectivity index (χ1n) is 6.71. The quantitative estimate of drug-likeness (QED) is 0.740. The summed E-state index contributed by atoms with van der Waals surface area (Å²) in [6.07, 6.45) is 7.77. The molecule has 0 aliphatic heterocycles. The zero-order valence-corrected chi connectivity index (χ0v) is 12.8. The van der Waals surface area contributed by atoms with Crippen LogP contribution in [0, 0.1) is 6.92 Å². The first-order valence-corrected chi connectivity index (χ1v) is 8.26. The van der Waals surface area contributed by atoms with Gasteiger partial charge in [-0.3, -0.25) is 4.21 Å². The Balaban J connectivity index is 1.94. The van der Waals surface area contributed by atoms with Gasteiger partial charge in [-0.15, -0.1) is 0 Å². The number of hydrogen-bond acceptors (Lipinski definition) is 2. The maximum atomic E-state index is 11.4. The third-order valence-electron chi connectivity index (χ3n) is 3.42. The molecule has 0 aliphatic rings. The predicted octanol–water partition coefficient (Wildman–Crippen LogP) is 3.55. The molecule has 21 heavy (non-hydrogen) atoms. The minimum Gasteiger partial charge on any atom is -0.255 e. The van der Waals surface area contributed by atoms with E-state index in [0.717, 1.165) is 27.2 Å². The fraction of sp³-hybridized carbons (Fsp3) is 0.118. The molecule has 1 aromatic carbocycles. The third-order valence-corrected chi connectivity index (χ3v) is 4.35. The standard InChI is InChI=1S/C17H16N2OS/c1-13-16(17-5-3-4-12-19(17)18-13)11-8-14-6-9-15(10-7-14)21(2)20/h3-12H,1-2H3/b11-8+. The molecule has 0 bridgehead atoms. The van der Waals surface area contributed by atoms with E-state index in [4.69, 9.17) is 0 Å². The number of rotatable bonds is 3. The Kier molecular flexibility index (Phi) is 3.71. The van der Waals surface area contributed by atoms with Gasteiger partial charge in [-0.2, -0.15) is 5.10 Å². The second-order valence-corrected chi connectivity index (χ2v) is 6.27. The Hall–Kier alpha value is -2.20. The molecular weight excluding hydrogens is 280 g/mol. The molecule has 0 radical (unpaired) electrons. The van der Waals surface area contributed by atoms with Crippen molar-refractivity contribution in [1.82, 2.24) is 9.61 Å². The van der Waals surface area contributed by atoms with Crippen LogP contribution in [0.25, 0.3) is 17.7 Å². The molecule has 2 heterocycles. The smallest absolute Gasteiger partial charge is 0.0736 e. The predicted molar refractivity (Wildman–Crippen MR) is 87.6 cm³/mol. The van der Waals surface area contributed by atoms with Crippen LogP contribution in [0.1, 0.15) is 16.8 Å². The van der Waals surface area contributed by atoms with E-state index in [9.17, 15) is 4.21 Å². The Morgan fingerprint density at radius 3 is 2.57 bits per heavy atom. The van der Waals surface area contributed by atoms with Crippen LogP contribution in [0.3, 0.4) is 0 Å². The summed E-state index contributed by atoms with van der Waals surface area (Å²) in [7, 11) is -0.930. The van der Waals surface area contributed by atoms with Crippen molar-refractivity contribution in [2.75, 3.05) is 6.26 Å². The number of fused-ring (bicyclic) bond motifs is 1. The van der Waals surface area contributed by atoms with Crippen molar-refractivity contribution in [2.24, 2.45) is 0 Å². The van der Waals surface area contributed by atoms with Crippen LogP contribution in [0.5, 0.6) is 0 Å². The molecule has 3 rings (SSSR count). The van der Waals surface area contributed by atoms with Gasteiger partial charge in [-0.1, -0.05) is 30.4 Å². The third kappa shape index (κ3) is 2.81. The van der Waals surface area contributed by atoms with Crippen molar-refractivity contribution in [3.8, 4) is 0 Å². The number of pyridine rings is 1. The molecule has 0 spiro atoms. The number of nitrogens with zero attached hydrogens (tertiary/aromatic N) is 2. The van der Waals surface area contributed by atoms with E-state index in [-0.39, 0.29) is 0 Å². The van der Waals surface area contributed by atoms with Gasteiger partial charge in [0.2, 0.25) is 0 Å². The van der Waals surface area contributed by atoms with Crippen LogP contribution in [0.4, 0.5) is 0 Å². The minimum absolute atomic E-state index is 0.847. The minimum atomic E-state index is -0.930. The van der Waals surface area contributed by atoms with Gasteiger partial charge < -0.3 is 0 Å². The highest BCUT2D eigenvalue weighted by molar-refractivity contribution is 7.84. The molecule has 1 unspecified atom stereocenters. The second-order valence-electron chi connectivity index (χ2n) is 4.89. The van der Waals surface area contributed by atoms with E-state index in [1.54, 1.807) is 6.26 Å². The van der Waals surface area contributed by atoms with E-state index in [2.05, 4.69) is 23.3 Å². The van der Waals surface area contributed by atoms with Gasteiger partial charge in [0.15, 0.2) is 0 Å². The van der Waals surface area contributed by atoms with Gasteiger partial charge in [0.25, 0.3) is 0 Å². The highest BCUT2D eigenvalue weighted by Gasteiger charge is 2.05. The highest BCUT2D eigenvalue weighted by atomic mass is 32.2. The van der Waals surface area contributed by atoms with E-state index < -0.39 is 10.8 Å². The Morgan fingerprint density at radius 2 is 1.86 bits per heavy atom. The SMILES string of the molecule is Cc1nn2ccccc2c1/C=C/c1ccc(S(C)=O)cc1. The van der Waals surface area contributed by atoms with Crippen molar-refractivity contribution < 1.29 is 4.21 Å². The summed E-state index contributed by atoms with van der Waals surface area (Å²) in [4.78, 5) is 0.847. The van der Waals surface area contributed by atoms with Gasteiger partial charge in [0.05, 0.1) is 11.2 Å². The molecule has 0 amide bonds. The summed E-state index contributed by atoms with van der Waals surface area (Å²) < 4.78 is 13.3. The normalized spacial score (nSPS) is 13.0. The van der Waals surface area contributed by atoms with Crippen LogP contribution in [-0.4, -0.2) is 20.1 Å². The summed E-state index contributed by atoms with van der Waals surface area (Å²) >= 11 is 0. The van der Waals surface area contributed by atoms with Crippen molar-refractivity contribution in [1.29, 1.82) is 0 Å². The first-order chi connectivity index (χ1) is 10.1. The number of benzene rings is 1. The van der Waals surface area contributed by atoms with Crippen molar-refractivity contribution in [3.05, 3.63) is 65.5 Å². The molecule has 0 saturated carbocycles. The van der Waals surface area contributed by atoms with Crippen LogP contribution in [0.2, 0.25) is 0 Å². The van der Waals surface area contributed by atoms with Gasteiger partial charge in [0.1, 0.15) is 0 Å². The lowest BCUT2D eigenvalue weighted by Crippen LogP contribution is -1.86. The highest BCUT2D eigenvalue weighted by Crippen LogP contribution is 2.18. The van der Waals surface area contributed by atoms with E-state index >= 15 is 0 Å². The average Bonchev–Trinajstić information content (AvgIpc) is 2.81. The Bertz CT molecular complexity index is 832. The Labute approximate surface area is 126 Å². The first kappa shape index (κ1) is 13.8. The van der Waals surface area contributed by atoms with E-state index in [1.807, 2.05) is 54.0 Å². The van der Waals surface area contributed by atoms with Crippen LogP contribution in [0.15, 0.2) is 53.6 Å². The lowest BCUT2D eigenvalue weighted by atomic mass is 10.1. The molecule has 0 fully saturated rings. The fourth-order valence-corrected chi connectivity index (χ4v) is 2.81. The molecule has 3 nitrogen and oxygen atoms in total. The van der Waals surface area contributed by atoms with Gasteiger partial charge in [0, 0.05) is 33.7 Å². The summed E-state index contributed by atoms with van der Waals surface area (Å²) in [6, 6.07) is 13.8. The average molecular weight is 296 g/mol. The zero-order chi connectivity index (χ0) is 14.8. The monoisotopic (exact) mass is 296 g/mol. The number of hydrogen-bond donors (Lipinski definition) is 0. The van der Waals surface area contributed by atoms with Gasteiger partial charge in [-0.05, 0) is 36.8 Å². The molecule has 4 heteroatoms. The Morgan fingerprint density at radius 1 is 1.10 bits per heavy atom. The molecule has 0 aliphatic carbocycles. The number of aryl methyl sites for hydroxylation is 1. The lowest BCUT2D eigenvalue weighted by Gasteiger charge is -1.98. The summed E-state index contributed by atoms with van der Waals surface area (Å²) in [5.74, 6) is 0. The topological polar surface area (TPSA) is 34.4 Å². The summed E-state index contributed by atoms with van der Waals surface area (Å²) in [6.45, 7) is 2.01. The molecule has 0 saturated heterocycles. The maximum absolute atomic E-state index is 11.4.